The number of non-ortho nitro benzene ring substituents is 1. The van der Waals surface area contributed by atoms with Crippen molar-refractivity contribution < 1.29 is 22.3 Å². The molecule has 0 N–H and O–H groups in total. The van der Waals surface area contributed by atoms with Gasteiger partial charge in [0.2, 0.25) is 0 Å². The van der Waals surface area contributed by atoms with Gasteiger partial charge in [-0.05, 0) is 19.1 Å². The maximum Gasteiger partial charge on any atom is 0.296 e. The molecule has 0 spiro atoms. The zero-order valence-corrected chi connectivity index (χ0v) is 10.3. The molecule has 1 aromatic rings. The summed E-state index contributed by atoms with van der Waals surface area (Å²) in [7, 11) is -3.97. The summed E-state index contributed by atoms with van der Waals surface area (Å²) in [5.74, 6) is -0.186. The second kappa shape index (κ2) is 5.69. The molecule has 1 rings (SSSR count). The van der Waals surface area contributed by atoms with Gasteiger partial charge in [0, 0.05) is 18.6 Å². The van der Waals surface area contributed by atoms with Gasteiger partial charge in [0.1, 0.15) is 5.78 Å². The van der Waals surface area contributed by atoms with E-state index in [0.717, 1.165) is 24.3 Å². The third kappa shape index (κ3) is 3.90. The van der Waals surface area contributed by atoms with Gasteiger partial charge in [-0.3, -0.25) is 19.1 Å². The zero-order valence-electron chi connectivity index (χ0n) is 9.53. The van der Waals surface area contributed by atoms with Crippen molar-refractivity contribution in [3.05, 3.63) is 34.4 Å². The van der Waals surface area contributed by atoms with E-state index in [4.69, 9.17) is 0 Å². The van der Waals surface area contributed by atoms with Crippen LogP contribution in [0.25, 0.3) is 0 Å². The largest absolute Gasteiger partial charge is 0.300 e. The highest BCUT2D eigenvalue weighted by Crippen LogP contribution is 2.17. The maximum atomic E-state index is 11.6. The van der Waals surface area contributed by atoms with Crippen molar-refractivity contribution in [1.29, 1.82) is 0 Å². The number of hydrogen-bond donors (Lipinski definition) is 0. The Morgan fingerprint density at radius 2 is 1.89 bits per heavy atom. The molecule has 0 heterocycles. The number of benzene rings is 1. The predicted octanol–water partition coefficient (Wildman–Crippen LogP) is 1.28. The highest BCUT2D eigenvalue weighted by Gasteiger charge is 2.16. The van der Waals surface area contributed by atoms with Crippen LogP contribution >= 0.6 is 0 Å². The van der Waals surface area contributed by atoms with E-state index >= 15 is 0 Å². The van der Waals surface area contributed by atoms with Crippen LogP contribution in [0.1, 0.15) is 13.3 Å². The van der Waals surface area contributed by atoms with Crippen LogP contribution in [0.5, 0.6) is 0 Å². The fraction of sp³-hybridized carbons (Fsp3) is 0.300. The quantitative estimate of drug-likeness (QED) is 0.439. The van der Waals surface area contributed by atoms with Gasteiger partial charge in [-0.15, -0.1) is 0 Å². The molecule has 0 saturated heterocycles. The van der Waals surface area contributed by atoms with Crippen molar-refractivity contribution in [3.63, 3.8) is 0 Å². The Hall–Kier alpha value is -1.80. The Bertz CT molecular complexity index is 548. The summed E-state index contributed by atoms with van der Waals surface area (Å²) in [6.45, 7) is 1.08. The molecule has 0 aliphatic heterocycles. The first-order valence-corrected chi connectivity index (χ1v) is 6.37. The predicted molar refractivity (Wildman–Crippen MR) is 61.5 cm³/mol. The molecule has 0 fully saturated rings. The summed E-state index contributed by atoms with van der Waals surface area (Å²) in [5.41, 5.74) is -0.210. The molecule has 0 radical (unpaired) electrons. The smallest absolute Gasteiger partial charge is 0.296 e. The van der Waals surface area contributed by atoms with Gasteiger partial charge in [-0.2, -0.15) is 8.42 Å². The van der Waals surface area contributed by atoms with E-state index in [-0.39, 0.29) is 29.4 Å². The number of hydrogen-bond acceptors (Lipinski definition) is 6. The zero-order chi connectivity index (χ0) is 13.8. The monoisotopic (exact) mass is 273 g/mol. The number of Topliss-reactive ketones (excluding diaryl/α,β-unsaturated/α-hetero) is 1. The third-order valence-corrected chi connectivity index (χ3v) is 3.36. The second-order valence-electron chi connectivity index (χ2n) is 3.48. The van der Waals surface area contributed by atoms with Gasteiger partial charge in [0.05, 0.1) is 16.4 Å². The van der Waals surface area contributed by atoms with E-state index in [9.17, 15) is 23.3 Å². The van der Waals surface area contributed by atoms with Crippen molar-refractivity contribution in [3.8, 4) is 0 Å². The molecule has 0 aromatic heterocycles. The molecule has 98 valence electrons. The van der Waals surface area contributed by atoms with Crippen LogP contribution in [0.3, 0.4) is 0 Å². The van der Waals surface area contributed by atoms with E-state index in [1.54, 1.807) is 0 Å². The third-order valence-electron chi connectivity index (χ3n) is 2.03. The van der Waals surface area contributed by atoms with E-state index in [1.165, 1.54) is 6.92 Å². The van der Waals surface area contributed by atoms with Crippen molar-refractivity contribution >= 4 is 21.6 Å². The summed E-state index contributed by atoms with van der Waals surface area (Å²) in [6.07, 6.45) is -0.00773. The average molecular weight is 273 g/mol. The summed E-state index contributed by atoms with van der Waals surface area (Å²) >= 11 is 0. The topological polar surface area (TPSA) is 104 Å². The van der Waals surface area contributed by atoms with Gasteiger partial charge in [0.15, 0.2) is 0 Å². The summed E-state index contributed by atoms with van der Waals surface area (Å²) < 4.78 is 27.8. The van der Waals surface area contributed by atoms with Crippen LogP contribution in [0.4, 0.5) is 5.69 Å². The van der Waals surface area contributed by atoms with Crippen LogP contribution in [0.15, 0.2) is 29.2 Å². The number of carbonyl (C=O) groups excluding carboxylic acids is 1. The molecular weight excluding hydrogens is 262 g/mol. The molecule has 0 saturated carbocycles. The Morgan fingerprint density at radius 1 is 1.33 bits per heavy atom. The van der Waals surface area contributed by atoms with Gasteiger partial charge < -0.3 is 0 Å². The fourth-order valence-corrected chi connectivity index (χ4v) is 2.01. The first-order valence-electron chi connectivity index (χ1n) is 4.96. The minimum atomic E-state index is -3.97. The van der Waals surface area contributed by atoms with Crippen LogP contribution < -0.4 is 0 Å². The van der Waals surface area contributed by atoms with Crippen LogP contribution in [-0.2, 0) is 19.1 Å². The number of ketones is 1. The Balaban J connectivity index is 2.79. The van der Waals surface area contributed by atoms with Gasteiger partial charge in [-0.1, -0.05) is 0 Å². The molecule has 0 atom stereocenters. The highest BCUT2D eigenvalue weighted by molar-refractivity contribution is 7.86. The fourth-order valence-electron chi connectivity index (χ4n) is 1.10. The maximum absolute atomic E-state index is 11.6. The van der Waals surface area contributed by atoms with Gasteiger partial charge in [-0.25, -0.2) is 0 Å². The minimum absolute atomic E-state index is 0.00773. The van der Waals surface area contributed by atoms with Crippen molar-refractivity contribution in [2.24, 2.45) is 0 Å². The van der Waals surface area contributed by atoms with Crippen LogP contribution in [-0.4, -0.2) is 25.7 Å². The lowest BCUT2D eigenvalue weighted by molar-refractivity contribution is -0.384. The van der Waals surface area contributed by atoms with E-state index in [0.29, 0.717) is 0 Å². The van der Waals surface area contributed by atoms with Gasteiger partial charge in [0.25, 0.3) is 15.8 Å². The molecule has 0 unspecified atom stereocenters. The minimum Gasteiger partial charge on any atom is -0.300 e. The number of nitro groups is 1. The molecule has 0 aliphatic carbocycles. The highest BCUT2D eigenvalue weighted by atomic mass is 32.2. The first-order chi connectivity index (χ1) is 8.33. The Morgan fingerprint density at radius 3 is 2.33 bits per heavy atom. The lowest BCUT2D eigenvalue weighted by Crippen LogP contribution is -2.09. The summed E-state index contributed by atoms with van der Waals surface area (Å²) in [6, 6.07) is 4.31. The molecule has 0 amide bonds. The molecule has 7 nitrogen and oxygen atoms in total. The number of nitro benzene ring substituents is 1. The number of nitrogens with zero attached hydrogens (tertiary/aromatic N) is 1. The number of rotatable bonds is 6. The molecule has 0 aliphatic rings. The van der Waals surface area contributed by atoms with E-state index in [1.807, 2.05) is 0 Å². The van der Waals surface area contributed by atoms with E-state index < -0.39 is 15.0 Å². The van der Waals surface area contributed by atoms with Gasteiger partial charge >= 0.3 is 0 Å². The van der Waals surface area contributed by atoms with Crippen LogP contribution in [0.2, 0.25) is 0 Å². The second-order valence-corrected chi connectivity index (χ2v) is 5.09. The first kappa shape index (κ1) is 14.3. The summed E-state index contributed by atoms with van der Waals surface area (Å²) in [4.78, 5) is 20.2. The van der Waals surface area contributed by atoms with E-state index in [2.05, 4.69) is 4.18 Å². The molecule has 1 aromatic carbocycles. The molecule has 18 heavy (non-hydrogen) atoms. The summed E-state index contributed by atoms with van der Waals surface area (Å²) in [5, 5.41) is 10.4. The molecule has 8 heteroatoms. The lowest BCUT2D eigenvalue weighted by Gasteiger charge is -2.04. The average Bonchev–Trinajstić information content (AvgIpc) is 2.28. The van der Waals surface area contributed by atoms with Crippen molar-refractivity contribution in [2.45, 2.75) is 18.2 Å². The Labute approximate surface area is 104 Å². The Kier molecular flexibility index (Phi) is 4.51. The standard InChI is InChI=1S/C10H11NO6S/c1-8(12)6-7-17-18(15,16)10-4-2-9(3-5-10)11(13)14/h2-5H,6-7H2,1H3. The normalized spacial score (nSPS) is 11.2. The lowest BCUT2D eigenvalue weighted by atomic mass is 10.3. The molecular formula is C10H11NO6S. The van der Waals surface area contributed by atoms with Crippen molar-refractivity contribution in [2.75, 3.05) is 6.61 Å². The van der Waals surface area contributed by atoms with Crippen molar-refractivity contribution in [1.82, 2.24) is 0 Å². The SMILES string of the molecule is CC(=O)CCOS(=O)(=O)c1ccc([N+](=O)[O-])cc1. The number of carbonyl (C=O) groups is 1. The molecule has 0 bridgehead atoms. The van der Waals surface area contributed by atoms with Crippen LogP contribution in [0, 0.1) is 10.1 Å².